The average molecular weight is 357 g/mol. The Morgan fingerprint density at radius 1 is 0.778 bits per heavy atom. The number of aliphatic imine (C=N–C) groups is 1. The third kappa shape index (κ3) is 5.58. The van der Waals surface area contributed by atoms with E-state index in [0.29, 0.717) is 5.90 Å². The summed E-state index contributed by atoms with van der Waals surface area (Å²) in [7, 11) is 0. The molecule has 0 atom stereocenters. The van der Waals surface area contributed by atoms with E-state index in [1.54, 1.807) is 6.26 Å². The van der Waals surface area contributed by atoms with E-state index in [4.69, 9.17) is 9.47 Å². The average Bonchev–Trinajstić information content (AvgIpc) is 2.68. The van der Waals surface area contributed by atoms with Crippen LogP contribution in [0.3, 0.4) is 0 Å². The van der Waals surface area contributed by atoms with E-state index in [0.717, 1.165) is 28.3 Å². The van der Waals surface area contributed by atoms with Gasteiger partial charge in [0, 0.05) is 5.57 Å². The smallest absolute Gasteiger partial charge is 0.225 e. The van der Waals surface area contributed by atoms with E-state index in [9.17, 15) is 0 Å². The second-order valence-corrected chi connectivity index (χ2v) is 6.40. The largest absolute Gasteiger partial charge is 0.465 e. The molecule has 0 radical (unpaired) electrons. The molecule has 0 aliphatic rings. The van der Waals surface area contributed by atoms with Crippen molar-refractivity contribution in [1.29, 1.82) is 0 Å². The number of para-hydroxylation sites is 1. The number of ether oxygens (including phenoxy) is 2. The maximum absolute atomic E-state index is 6.02. The molecule has 0 aliphatic heterocycles. The van der Waals surface area contributed by atoms with Gasteiger partial charge in [0.25, 0.3) is 0 Å². The third-order valence-corrected chi connectivity index (χ3v) is 3.92. The Bertz CT molecular complexity index is 942. The van der Waals surface area contributed by atoms with E-state index in [1.807, 2.05) is 92.7 Å². The highest BCUT2D eigenvalue weighted by Crippen LogP contribution is 2.19. The van der Waals surface area contributed by atoms with Crippen LogP contribution in [0.15, 0.2) is 95.7 Å². The Balaban J connectivity index is 1.87. The molecular formula is C24H23NO2. The lowest BCUT2D eigenvalue weighted by Crippen LogP contribution is -2.10. The van der Waals surface area contributed by atoms with E-state index < -0.39 is 0 Å². The lowest BCUT2D eigenvalue weighted by atomic mass is 10.2. The molecule has 0 unspecified atom stereocenters. The Labute approximate surface area is 160 Å². The summed E-state index contributed by atoms with van der Waals surface area (Å²) in [5.41, 5.74) is 3.96. The molecule has 136 valence electrons. The van der Waals surface area contributed by atoms with Gasteiger partial charge < -0.3 is 9.47 Å². The van der Waals surface area contributed by atoms with Crippen molar-refractivity contribution in [3.05, 3.63) is 102 Å². The topological polar surface area (TPSA) is 30.8 Å². The van der Waals surface area contributed by atoms with E-state index in [-0.39, 0.29) is 0 Å². The van der Waals surface area contributed by atoms with Crippen LogP contribution in [0.25, 0.3) is 0 Å². The molecule has 0 fully saturated rings. The first-order chi connectivity index (χ1) is 13.1. The molecule has 3 aromatic rings. The molecule has 0 saturated carbocycles. The number of benzene rings is 3. The summed E-state index contributed by atoms with van der Waals surface area (Å²) in [6.45, 7) is 6.01. The molecule has 3 heteroatoms. The predicted octanol–water partition coefficient (Wildman–Crippen LogP) is 6.40. The highest BCUT2D eigenvalue weighted by atomic mass is 16.5. The quantitative estimate of drug-likeness (QED) is 0.301. The van der Waals surface area contributed by atoms with Crippen LogP contribution in [0.5, 0.6) is 11.5 Å². The summed E-state index contributed by atoms with van der Waals surface area (Å²) in [6.07, 6.45) is 1.67. The van der Waals surface area contributed by atoms with Gasteiger partial charge in [-0.05, 0) is 62.7 Å². The van der Waals surface area contributed by atoms with Crippen molar-refractivity contribution in [2.24, 2.45) is 4.99 Å². The van der Waals surface area contributed by atoms with Gasteiger partial charge in [-0.3, -0.25) is 0 Å². The van der Waals surface area contributed by atoms with Crippen LogP contribution in [0.1, 0.15) is 18.1 Å². The van der Waals surface area contributed by atoms with Gasteiger partial charge in [0.15, 0.2) is 0 Å². The molecule has 0 amide bonds. The Morgan fingerprint density at radius 3 is 2.19 bits per heavy atom. The Morgan fingerprint density at radius 2 is 1.48 bits per heavy atom. The fraction of sp³-hybridized carbons (Fsp3) is 0.125. The van der Waals surface area contributed by atoms with Crippen molar-refractivity contribution < 1.29 is 9.47 Å². The van der Waals surface area contributed by atoms with Gasteiger partial charge in [-0.2, -0.15) is 0 Å². The highest BCUT2D eigenvalue weighted by Gasteiger charge is 2.08. The van der Waals surface area contributed by atoms with Gasteiger partial charge >= 0.3 is 0 Å². The van der Waals surface area contributed by atoms with Crippen LogP contribution in [-0.4, -0.2) is 5.90 Å². The normalized spacial score (nSPS) is 12.0. The Hall–Kier alpha value is -3.33. The minimum atomic E-state index is 0.498. The summed E-state index contributed by atoms with van der Waals surface area (Å²) in [4.78, 5) is 4.67. The molecule has 0 bridgehead atoms. The SMILES string of the molecule is C/C(=C\Oc1cccc(C)c1)C(=Nc1ccc(C)cc1)Oc1ccccc1. The first-order valence-corrected chi connectivity index (χ1v) is 8.89. The minimum absolute atomic E-state index is 0.498. The van der Waals surface area contributed by atoms with Crippen LogP contribution in [0, 0.1) is 13.8 Å². The lowest BCUT2D eigenvalue weighted by molar-refractivity contribution is 0.473. The van der Waals surface area contributed by atoms with Crippen LogP contribution in [0.2, 0.25) is 0 Å². The first-order valence-electron chi connectivity index (χ1n) is 8.89. The molecule has 0 aliphatic carbocycles. The lowest BCUT2D eigenvalue weighted by Gasteiger charge is -2.10. The molecule has 0 spiro atoms. The third-order valence-electron chi connectivity index (χ3n) is 3.92. The van der Waals surface area contributed by atoms with Crippen molar-refractivity contribution >= 4 is 11.6 Å². The zero-order valence-corrected chi connectivity index (χ0v) is 15.8. The standard InChI is InChI=1S/C24H23NO2/c1-18-12-14-21(15-13-18)25-24(27-22-9-5-4-6-10-22)20(3)17-26-23-11-7-8-19(2)16-23/h4-17H,1-3H3/b20-17+,25-24?. The number of aryl methyl sites for hydroxylation is 2. The van der Waals surface area contributed by atoms with E-state index >= 15 is 0 Å². The summed E-state index contributed by atoms with van der Waals surface area (Å²) in [6, 6.07) is 25.5. The van der Waals surface area contributed by atoms with Gasteiger partial charge in [-0.15, -0.1) is 0 Å². The monoisotopic (exact) mass is 357 g/mol. The van der Waals surface area contributed by atoms with Gasteiger partial charge in [-0.25, -0.2) is 4.99 Å². The van der Waals surface area contributed by atoms with Crippen molar-refractivity contribution in [3.8, 4) is 11.5 Å². The second-order valence-electron chi connectivity index (χ2n) is 6.40. The highest BCUT2D eigenvalue weighted by molar-refractivity contribution is 5.96. The molecule has 27 heavy (non-hydrogen) atoms. The maximum Gasteiger partial charge on any atom is 0.225 e. The van der Waals surface area contributed by atoms with Gasteiger partial charge in [0.1, 0.15) is 11.5 Å². The fourth-order valence-corrected chi connectivity index (χ4v) is 2.42. The Kier molecular flexibility index (Phi) is 6.06. The van der Waals surface area contributed by atoms with E-state index in [2.05, 4.69) is 11.9 Å². The number of hydrogen-bond donors (Lipinski definition) is 0. The summed E-state index contributed by atoms with van der Waals surface area (Å²) in [5.74, 6) is 2.01. The van der Waals surface area contributed by atoms with Crippen LogP contribution < -0.4 is 9.47 Å². The molecule has 0 saturated heterocycles. The van der Waals surface area contributed by atoms with Crippen molar-refractivity contribution in [2.45, 2.75) is 20.8 Å². The molecule has 3 aromatic carbocycles. The molecule has 0 N–H and O–H groups in total. The molecule has 0 aromatic heterocycles. The first kappa shape index (κ1) is 18.5. The van der Waals surface area contributed by atoms with Crippen LogP contribution >= 0.6 is 0 Å². The van der Waals surface area contributed by atoms with Gasteiger partial charge in [0.2, 0.25) is 5.90 Å². The predicted molar refractivity (Wildman–Crippen MR) is 111 cm³/mol. The van der Waals surface area contributed by atoms with Gasteiger partial charge in [0.05, 0.1) is 11.9 Å². The van der Waals surface area contributed by atoms with Crippen molar-refractivity contribution in [2.75, 3.05) is 0 Å². The van der Waals surface area contributed by atoms with Crippen LogP contribution in [0.4, 0.5) is 5.69 Å². The zero-order valence-electron chi connectivity index (χ0n) is 15.8. The fourth-order valence-electron chi connectivity index (χ4n) is 2.42. The summed E-state index contributed by atoms with van der Waals surface area (Å²) < 4.78 is 11.8. The maximum atomic E-state index is 6.02. The molecule has 0 heterocycles. The number of nitrogens with zero attached hydrogens (tertiary/aromatic N) is 1. The zero-order chi connectivity index (χ0) is 19.1. The molecule has 3 nitrogen and oxygen atoms in total. The molecular weight excluding hydrogens is 334 g/mol. The van der Waals surface area contributed by atoms with E-state index in [1.165, 1.54) is 5.56 Å². The van der Waals surface area contributed by atoms with Crippen molar-refractivity contribution in [1.82, 2.24) is 0 Å². The summed E-state index contributed by atoms with van der Waals surface area (Å²) in [5, 5.41) is 0. The molecule has 3 rings (SSSR count). The second kappa shape index (κ2) is 8.86. The van der Waals surface area contributed by atoms with Crippen LogP contribution in [-0.2, 0) is 0 Å². The van der Waals surface area contributed by atoms with Gasteiger partial charge in [-0.1, -0.05) is 48.0 Å². The number of rotatable bonds is 5. The minimum Gasteiger partial charge on any atom is -0.465 e. The summed E-state index contributed by atoms with van der Waals surface area (Å²) >= 11 is 0. The number of hydrogen-bond acceptors (Lipinski definition) is 3. The van der Waals surface area contributed by atoms with Crippen molar-refractivity contribution in [3.63, 3.8) is 0 Å².